The first-order chi connectivity index (χ1) is 19.5. The van der Waals surface area contributed by atoms with Gasteiger partial charge in [0.15, 0.2) is 11.9 Å². The number of amides is 1. The number of primary amides is 1. The van der Waals surface area contributed by atoms with Crippen LogP contribution in [0.15, 0.2) is 84.9 Å². The predicted octanol–water partition coefficient (Wildman–Crippen LogP) is 4.00. The van der Waals surface area contributed by atoms with E-state index in [1.807, 2.05) is 36.4 Å². The number of phenolic OH excluding ortho intramolecular Hbond substituents is 1. The van der Waals surface area contributed by atoms with Crippen molar-refractivity contribution in [2.45, 2.75) is 6.54 Å². The monoisotopic (exact) mass is 532 g/mol. The molecule has 0 bridgehead atoms. The Morgan fingerprint density at radius 1 is 0.900 bits per heavy atom. The summed E-state index contributed by atoms with van der Waals surface area (Å²) in [5.41, 5.74) is 12.2. The number of aromatic nitrogens is 3. The lowest BCUT2D eigenvalue weighted by molar-refractivity contribution is 0.0994. The van der Waals surface area contributed by atoms with Crippen LogP contribution in [-0.4, -0.2) is 63.0 Å². The van der Waals surface area contributed by atoms with E-state index in [4.69, 9.17) is 10.7 Å². The van der Waals surface area contributed by atoms with Gasteiger partial charge >= 0.3 is 0 Å². The maximum atomic E-state index is 11.8. The molecule has 6 rings (SSSR count). The van der Waals surface area contributed by atoms with Gasteiger partial charge in [0.2, 0.25) is 0 Å². The van der Waals surface area contributed by atoms with E-state index < -0.39 is 5.91 Å². The summed E-state index contributed by atoms with van der Waals surface area (Å²) < 4.78 is 1.68. The van der Waals surface area contributed by atoms with Gasteiger partial charge in [-0.3, -0.25) is 14.5 Å². The second-order valence-corrected chi connectivity index (χ2v) is 9.85. The molecule has 3 aromatic carbocycles. The van der Waals surface area contributed by atoms with Crippen LogP contribution in [0.2, 0.25) is 0 Å². The van der Waals surface area contributed by atoms with E-state index in [0.29, 0.717) is 17.5 Å². The van der Waals surface area contributed by atoms with Crippen LogP contribution in [0.25, 0.3) is 28.2 Å². The lowest BCUT2D eigenvalue weighted by atomic mass is 10.0. The summed E-state index contributed by atoms with van der Waals surface area (Å²) in [6.07, 6.45) is 0.663. The number of nitrogens with zero attached hydrogens (tertiary/aromatic N) is 5. The molecule has 9 nitrogen and oxygen atoms in total. The Morgan fingerprint density at radius 2 is 1.65 bits per heavy atom. The number of imidazole rings is 1. The number of rotatable bonds is 7. The smallest absolute Gasteiger partial charge is 0.269 e. The lowest BCUT2D eigenvalue weighted by Crippen LogP contribution is -2.45. The van der Waals surface area contributed by atoms with Gasteiger partial charge in [-0.15, -0.1) is 0 Å². The highest BCUT2D eigenvalue weighted by Crippen LogP contribution is 2.33. The molecule has 2 aromatic heterocycles. The first-order valence-electron chi connectivity index (χ1n) is 13.1. The molecule has 0 aliphatic carbocycles. The highest BCUT2D eigenvalue weighted by molar-refractivity contribution is 5.91. The van der Waals surface area contributed by atoms with Gasteiger partial charge < -0.3 is 15.7 Å². The van der Waals surface area contributed by atoms with Gasteiger partial charge in [0.25, 0.3) is 5.91 Å². The number of piperazine rings is 1. The lowest BCUT2D eigenvalue weighted by Gasteiger charge is -2.36. The van der Waals surface area contributed by atoms with Crippen molar-refractivity contribution in [2.75, 3.05) is 31.1 Å². The van der Waals surface area contributed by atoms with E-state index >= 15 is 0 Å². The first kappa shape index (κ1) is 25.3. The molecule has 9 heteroatoms. The molecular formula is C31H28N6O3. The third-order valence-corrected chi connectivity index (χ3v) is 7.29. The van der Waals surface area contributed by atoms with Crippen molar-refractivity contribution >= 4 is 23.5 Å². The first-order valence-corrected chi connectivity index (χ1v) is 13.1. The van der Waals surface area contributed by atoms with E-state index in [1.165, 1.54) is 5.56 Å². The number of benzene rings is 3. The number of carbonyl (C=O) groups is 2. The van der Waals surface area contributed by atoms with Gasteiger partial charge in [-0.2, -0.15) is 5.10 Å². The Morgan fingerprint density at radius 3 is 2.33 bits per heavy atom. The Hall–Kier alpha value is -5.02. The Bertz CT molecular complexity index is 1690. The number of aromatic hydroxyl groups is 1. The molecule has 200 valence electrons. The van der Waals surface area contributed by atoms with Crippen LogP contribution in [0.4, 0.5) is 5.69 Å². The standard InChI is InChI=1S/C31H28N6O3/c32-31(40)26-12-13-28-33-29(30(37(28)34-26)23-4-2-1-3-5-23)22-8-6-21(7-9-22)19-35-14-16-36(17-15-35)25-11-10-24(20-38)27(39)18-25/h1-13,18,20,39H,14-17,19H2,(H2,32,40). The molecule has 1 saturated heterocycles. The van der Waals surface area contributed by atoms with Crippen LogP contribution < -0.4 is 10.6 Å². The van der Waals surface area contributed by atoms with Crippen LogP contribution in [0.3, 0.4) is 0 Å². The molecule has 1 amide bonds. The van der Waals surface area contributed by atoms with Crippen molar-refractivity contribution < 1.29 is 14.7 Å². The van der Waals surface area contributed by atoms with Gasteiger partial charge in [0.1, 0.15) is 17.1 Å². The van der Waals surface area contributed by atoms with Crippen LogP contribution in [-0.2, 0) is 6.54 Å². The summed E-state index contributed by atoms with van der Waals surface area (Å²) in [7, 11) is 0. The number of aldehydes is 1. The number of hydrogen-bond acceptors (Lipinski definition) is 7. The van der Waals surface area contributed by atoms with Gasteiger partial charge in [-0.25, -0.2) is 9.50 Å². The van der Waals surface area contributed by atoms with Gasteiger partial charge in [-0.1, -0.05) is 54.6 Å². The van der Waals surface area contributed by atoms with Crippen LogP contribution in [0.5, 0.6) is 5.75 Å². The quantitative estimate of drug-likeness (QED) is 0.304. The predicted molar refractivity (Wildman–Crippen MR) is 153 cm³/mol. The molecule has 0 saturated carbocycles. The summed E-state index contributed by atoms with van der Waals surface area (Å²) in [5, 5.41) is 14.5. The number of fused-ring (bicyclic) bond motifs is 1. The Labute approximate surface area is 231 Å². The van der Waals surface area contributed by atoms with Crippen molar-refractivity contribution in [1.82, 2.24) is 19.5 Å². The number of phenols is 1. The zero-order valence-electron chi connectivity index (χ0n) is 21.8. The van der Waals surface area contributed by atoms with Crippen molar-refractivity contribution in [3.63, 3.8) is 0 Å². The molecule has 0 radical (unpaired) electrons. The maximum Gasteiger partial charge on any atom is 0.269 e. The Kier molecular flexibility index (Phi) is 6.71. The minimum Gasteiger partial charge on any atom is -0.507 e. The number of nitrogens with two attached hydrogens (primary N) is 1. The second-order valence-electron chi connectivity index (χ2n) is 9.85. The molecule has 0 spiro atoms. The van der Waals surface area contributed by atoms with E-state index in [9.17, 15) is 14.7 Å². The zero-order chi connectivity index (χ0) is 27.6. The van der Waals surface area contributed by atoms with E-state index in [-0.39, 0.29) is 11.4 Å². The zero-order valence-corrected chi connectivity index (χ0v) is 21.8. The molecular weight excluding hydrogens is 504 g/mol. The van der Waals surface area contributed by atoms with Crippen LogP contribution in [0, 0.1) is 0 Å². The summed E-state index contributed by atoms with van der Waals surface area (Å²) in [6.45, 7) is 4.26. The van der Waals surface area contributed by atoms with E-state index in [0.717, 1.165) is 60.9 Å². The molecule has 1 fully saturated rings. The van der Waals surface area contributed by atoms with E-state index in [2.05, 4.69) is 39.2 Å². The maximum absolute atomic E-state index is 11.8. The third-order valence-electron chi connectivity index (χ3n) is 7.29. The van der Waals surface area contributed by atoms with Crippen molar-refractivity contribution in [2.24, 2.45) is 5.73 Å². The summed E-state index contributed by atoms with van der Waals surface area (Å²) in [4.78, 5) is 32.3. The molecule has 3 N–H and O–H groups in total. The molecule has 5 aromatic rings. The minimum absolute atomic E-state index is 0.0140. The van der Waals surface area contributed by atoms with Gasteiger partial charge in [0.05, 0.1) is 11.3 Å². The average Bonchev–Trinajstić information content (AvgIpc) is 3.37. The fourth-order valence-electron chi connectivity index (χ4n) is 5.14. The normalized spacial score (nSPS) is 13.9. The van der Waals surface area contributed by atoms with Crippen LogP contribution in [0.1, 0.15) is 26.4 Å². The molecule has 0 atom stereocenters. The molecule has 0 unspecified atom stereocenters. The molecule has 1 aliphatic heterocycles. The molecule has 1 aliphatic rings. The minimum atomic E-state index is -0.588. The SMILES string of the molecule is NC(=O)c1ccc2nc(-c3ccc(CN4CCN(c5ccc(C=O)c(O)c5)CC4)cc3)c(-c3ccccc3)n2n1. The number of hydrogen-bond donors (Lipinski definition) is 2. The topological polar surface area (TPSA) is 117 Å². The number of carbonyl (C=O) groups excluding carboxylic acids is 2. The molecule has 40 heavy (non-hydrogen) atoms. The fourth-order valence-corrected chi connectivity index (χ4v) is 5.14. The largest absolute Gasteiger partial charge is 0.507 e. The number of anilines is 1. The van der Waals surface area contributed by atoms with Crippen LogP contribution >= 0.6 is 0 Å². The Balaban J connectivity index is 1.20. The fraction of sp³-hybridized carbons (Fsp3) is 0.161. The van der Waals surface area contributed by atoms with E-state index in [1.54, 1.807) is 28.8 Å². The summed E-state index contributed by atoms with van der Waals surface area (Å²) in [5.74, 6) is -0.574. The van der Waals surface area contributed by atoms with Crippen molar-refractivity contribution in [1.29, 1.82) is 0 Å². The van der Waals surface area contributed by atoms with Gasteiger partial charge in [-0.05, 0) is 29.8 Å². The highest BCUT2D eigenvalue weighted by atomic mass is 16.3. The van der Waals surface area contributed by atoms with Gasteiger partial charge in [0, 0.05) is 55.6 Å². The third kappa shape index (κ3) is 4.90. The van der Waals surface area contributed by atoms with Crippen molar-refractivity contribution in [3.05, 3.63) is 102 Å². The molecule has 3 heterocycles. The summed E-state index contributed by atoms with van der Waals surface area (Å²) >= 11 is 0. The summed E-state index contributed by atoms with van der Waals surface area (Å²) in [6, 6.07) is 26.8. The average molecular weight is 533 g/mol. The van der Waals surface area contributed by atoms with Crippen molar-refractivity contribution in [3.8, 4) is 28.3 Å². The second kappa shape index (κ2) is 10.6. The highest BCUT2D eigenvalue weighted by Gasteiger charge is 2.20.